The second-order valence-corrected chi connectivity index (χ2v) is 5.08. The summed E-state index contributed by atoms with van der Waals surface area (Å²) in [5, 5.41) is 12.5. The minimum Gasteiger partial charge on any atom is -0.481 e. The molecule has 1 aromatic rings. The van der Waals surface area contributed by atoms with E-state index in [-0.39, 0.29) is 6.42 Å². The van der Waals surface area contributed by atoms with Crippen molar-refractivity contribution in [3.05, 3.63) is 11.7 Å². The number of aromatic nitrogens is 2. The lowest BCUT2D eigenvalue weighted by Gasteiger charge is -2.30. The van der Waals surface area contributed by atoms with Crippen LogP contribution in [0.5, 0.6) is 0 Å². The lowest BCUT2D eigenvalue weighted by atomic mass is 9.93. The summed E-state index contributed by atoms with van der Waals surface area (Å²) in [5.74, 6) is 0.929. The predicted octanol–water partition coefficient (Wildman–Crippen LogP) is 1.36. The molecule has 19 heavy (non-hydrogen) atoms. The highest BCUT2D eigenvalue weighted by molar-refractivity contribution is 5.66. The monoisotopic (exact) mass is 267 g/mol. The molecule has 0 bridgehead atoms. The maximum Gasteiger partial charge on any atom is 0.303 e. The van der Waals surface area contributed by atoms with Crippen molar-refractivity contribution in [2.24, 2.45) is 5.92 Å². The minimum absolute atomic E-state index is 0.0382. The number of nitrogens with zero attached hydrogens (tertiary/aromatic N) is 3. The molecule has 0 radical (unpaired) electrons. The highest BCUT2D eigenvalue weighted by Crippen LogP contribution is 2.20. The molecular weight excluding hydrogens is 246 g/mol. The fourth-order valence-electron chi connectivity index (χ4n) is 2.45. The smallest absolute Gasteiger partial charge is 0.303 e. The van der Waals surface area contributed by atoms with E-state index < -0.39 is 5.97 Å². The van der Waals surface area contributed by atoms with Crippen LogP contribution in [0.3, 0.4) is 0 Å². The molecule has 106 valence electrons. The number of carboxylic acid groups (broad SMARTS) is 1. The molecule has 0 spiro atoms. The molecule has 1 aromatic heterocycles. The molecule has 0 aliphatic carbocycles. The quantitative estimate of drug-likeness (QED) is 0.838. The standard InChI is InChI=1S/C13H21N3O3/c1-2-16-7-5-10(6-8-16)9-11-14-12(19-15-11)3-4-13(17)18/h10H,2-9H2,1H3,(H,17,18). The molecule has 2 heterocycles. The topological polar surface area (TPSA) is 79.5 Å². The molecule has 6 nitrogen and oxygen atoms in total. The summed E-state index contributed by atoms with van der Waals surface area (Å²) < 4.78 is 5.06. The normalized spacial score (nSPS) is 17.7. The van der Waals surface area contributed by atoms with E-state index in [1.54, 1.807) is 0 Å². The van der Waals surface area contributed by atoms with Crippen molar-refractivity contribution in [2.45, 2.75) is 39.0 Å². The Kier molecular flexibility index (Phi) is 4.90. The number of piperidine rings is 1. The Hall–Kier alpha value is -1.43. The Morgan fingerprint density at radius 1 is 1.47 bits per heavy atom. The molecule has 0 atom stereocenters. The van der Waals surface area contributed by atoms with E-state index >= 15 is 0 Å². The number of likely N-dealkylation sites (tertiary alicyclic amines) is 1. The zero-order valence-electron chi connectivity index (χ0n) is 11.3. The van der Waals surface area contributed by atoms with Crippen molar-refractivity contribution in [3.63, 3.8) is 0 Å². The largest absolute Gasteiger partial charge is 0.481 e. The Balaban J connectivity index is 1.78. The second-order valence-electron chi connectivity index (χ2n) is 5.08. The van der Waals surface area contributed by atoms with Crippen LogP contribution in [0.1, 0.15) is 37.9 Å². The van der Waals surface area contributed by atoms with E-state index in [1.165, 1.54) is 12.8 Å². The van der Waals surface area contributed by atoms with Crippen LogP contribution in [0, 0.1) is 5.92 Å². The van der Waals surface area contributed by atoms with Crippen molar-refractivity contribution in [2.75, 3.05) is 19.6 Å². The molecule has 1 saturated heterocycles. The summed E-state index contributed by atoms with van der Waals surface area (Å²) in [6.07, 6.45) is 3.54. The Bertz CT molecular complexity index is 411. The van der Waals surface area contributed by atoms with Crippen LogP contribution in [0.4, 0.5) is 0 Å². The number of aliphatic carboxylic acids is 1. The van der Waals surface area contributed by atoms with Crippen LogP contribution in [0.15, 0.2) is 4.52 Å². The summed E-state index contributed by atoms with van der Waals surface area (Å²) in [7, 11) is 0. The van der Waals surface area contributed by atoms with Crippen molar-refractivity contribution in [1.29, 1.82) is 0 Å². The van der Waals surface area contributed by atoms with Gasteiger partial charge in [-0.3, -0.25) is 4.79 Å². The fourth-order valence-corrected chi connectivity index (χ4v) is 2.45. The predicted molar refractivity (Wildman–Crippen MR) is 68.8 cm³/mol. The number of carbonyl (C=O) groups is 1. The summed E-state index contributed by atoms with van der Waals surface area (Å²) in [4.78, 5) is 17.2. The molecule has 0 saturated carbocycles. The number of hydrogen-bond acceptors (Lipinski definition) is 5. The first-order chi connectivity index (χ1) is 9.17. The van der Waals surface area contributed by atoms with Crippen LogP contribution in [0.25, 0.3) is 0 Å². The van der Waals surface area contributed by atoms with E-state index in [0.29, 0.717) is 18.2 Å². The van der Waals surface area contributed by atoms with E-state index in [1.807, 2.05) is 0 Å². The maximum absolute atomic E-state index is 10.5. The molecule has 0 unspecified atom stereocenters. The molecule has 2 rings (SSSR count). The van der Waals surface area contributed by atoms with Gasteiger partial charge in [0, 0.05) is 12.8 Å². The molecular formula is C13H21N3O3. The van der Waals surface area contributed by atoms with Gasteiger partial charge in [-0.15, -0.1) is 0 Å². The Morgan fingerprint density at radius 2 is 2.21 bits per heavy atom. The lowest BCUT2D eigenvalue weighted by molar-refractivity contribution is -0.137. The zero-order valence-corrected chi connectivity index (χ0v) is 11.3. The van der Waals surface area contributed by atoms with Crippen molar-refractivity contribution in [3.8, 4) is 0 Å². The van der Waals surface area contributed by atoms with E-state index in [0.717, 1.165) is 31.9 Å². The van der Waals surface area contributed by atoms with Gasteiger partial charge in [0.1, 0.15) is 0 Å². The first kappa shape index (κ1) is 14.0. The summed E-state index contributed by atoms with van der Waals surface area (Å²) in [6, 6.07) is 0. The average Bonchev–Trinajstić information content (AvgIpc) is 2.85. The molecule has 0 amide bonds. The maximum atomic E-state index is 10.5. The van der Waals surface area contributed by atoms with Gasteiger partial charge in [0.05, 0.1) is 6.42 Å². The van der Waals surface area contributed by atoms with Gasteiger partial charge in [-0.2, -0.15) is 4.98 Å². The van der Waals surface area contributed by atoms with Gasteiger partial charge in [-0.25, -0.2) is 0 Å². The first-order valence-corrected chi connectivity index (χ1v) is 6.93. The van der Waals surface area contributed by atoms with Crippen LogP contribution in [0.2, 0.25) is 0 Å². The SMILES string of the molecule is CCN1CCC(Cc2noc(CCC(=O)O)n2)CC1. The highest BCUT2D eigenvalue weighted by Gasteiger charge is 2.20. The number of aryl methyl sites for hydroxylation is 1. The molecule has 1 fully saturated rings. The molecule has 1 aliphatic rings. The van der Waals surface area contributed by atoms with Gasteiger partial charge < -0.3 is 14.5 Å². The van der Waals surface area contributed by atoms with Gasteiger partial charge >= 0.3 is 5.97 Å². The zero-order chi connectivity index (χ0) is 13.7. The lowest BCUT2D eigenvalue weighted by Crippen LogP contribution is -2.34. The highest BCUT2D eigenvalue weighted by atomic mass is 16.5. The van der Waals surface area contributed by atoms with E-state index in [9.17, 15) is 4.79 Å². The number of rotatable bonds is 6. The Labute approximate surface area is 112 Å². The van der Waals surface area contributed by atoms with Gasteiger partial charge in [0.25, 0.3) is 0 Å². The average molecular weight is 267 g/mol. The van der Waals surface area contributed by atoms with Gasteiger partial charge in [0.15, 0.2) is 5.82 Å². The number of carboxylic acids is 1. The summed E-state index contributed by atoms with van der Waals surface area (Å²) >= 11 is 0. The molecule has 6 heteroatoms. The molecule has 1 aliphatic heterocycles. The fraction of sp³-hybridized carbons (Fsp3) is 0.769. The Morgan fingerprint density at radius 3 is 2.84 bits per heavy atom. The minimum atomic E-state index is -0.841. The van der Waals surface area contributed by atoms with E-state index in [2.05, 4.69) is 22.0 Å². The van der Waals surface area contributed by atoms with E-state index in [4.69, 9.17) is 9.63 Å². The summed E-state index contributed by atoms with van der Waals surface area (Å²) in [6.45, 7) is 5.60. The molecule has 1 N–H and O–H groups in total. The second kappa shape index (κ2) is 6.65. The van der Waals surface area contributed by atoms with Gasteiger partial charge in [-0.1, -0.05) is 12.1 Å². The van der Waals surface area contributed by atoms with Crippen molar-refractivity contribution < 1.29 is 14.4 Å². The van der Waals surface area contributed by atoms with Crippen molar-refractivity contribution in [1.82, 2.24) is 15.0 Å². The van der Waals surface area contributed by atoms with Crippen LogP contribution in [-0.2, 0) is 17.6 Å². The van der Waals surface area contributed by atoms with Gasteiger partial charge in [-0.05, 0) is 38.4 Å². The van der Waals surface area contributed by atoms with Crippen LogP contribution < -0.4 is 0 Å². The third kappa shape index (κ3) is 4.31. The molecule has 0 aromatic carbocycles. The van der Waals surface area contributed by atoms with Crippen LogP contribution >= 0.6 is 0 Å². The van der Waals surface area contributed by atoms with Crippen molar-refractivity contribution >= 4 is 5.97 Å². The first-order valence-electron chi connectivity index (χ1n) is 6.93. The summed E-state index contributed by atoms with van der Waals surface area (Å²) in [5.41, 5.74) is 0. The van der Waals surface area contributed by atoms with Crippen LogP contribution in [-0.4, -0.2) is 45.8 Å². The number of hydrogen-bond donors (Lipinski definition) is 1. The van der Waals surface area contributed by atoms with Gasteiger partial charge in [0.2, 0.25) is 5.89 Å². The third-order valence-electron chi connectivity index (χ3n) is 3.69. The third-order valence-corrected chi connectivity index (χ3v) is 3.69.